The number of aliphatic hydroxyl groups excluding tert-OH is 1. The van der Waals surface area contributed by atoms with Crippen LogP contribution in [0, 0.1) is 5.92 Å². The Bertz CT molecular complexity index is 602. The second-order valence-corrected chi connectivity index (χ2v) is 10.6. The first-order chi connectivity index (χ1) is 11.5. The summed E-state index contributed by atoms with van der Waals surface area (Å²) in [5, 5.41) is 15.7. The Balaban J connectivity index is 1.99. The molecular formula is C21H31NOS. The minimum Gasteiger partial charge on any atom is -0.392 e. The molecule has 0 amide bonds. The lowest BCUT2D eigenvalue weighted by atomic mass is 9.84. The highest BCUT2D eigenvalue weighted by Crippen LogP contribution is 2.68. The zero-order valence-corrected chi connectivity index (χ0v) is 16.0. The molecule has 3 heteroatoms. The van der Waals surface area contributed by atoms with Crippen LogP contribution in [0.5, 0.6) is 0 Å². The van der Waals surface area contributed by atoms with Crippen LogP contribution in [0.25, 0.3) is 0 Å². The Morgan fingerprint density at radius 1 is 1.08 bits per heavy atom. The second-order valence-electron chi connectivity index (χ2n) is 7.36. The van der Waals surface area contributed by atoms with Crippen LogP contribution >= 0.6 is 10.2 Å². The fourth-order valence-electron chi connectivity index (χ4n) is 4.22. The van der Waals surface area contributed by atoms with Crippen molar-refractivity contribution >= 4 is 10.2 Å². The van der Waals surface area contributed by atoms with E-state index in [0.29, 0.717) is 0 Å². The lowest BCUT2D eigenvalue weighted by molar-refractivity contribution is 0.190. The van der Waals surface area contributed by atoms with Crippen LogP contribution in [0.2, 0.25) is 0 Å². The molecule has 0 spiro atoms. The molecule has 132 valence electrons. The van der Waals surface area contributed by atoms with Crippen molar-refractivity contribution in [2.75, 3.05) is 14.1 Å². The van der Waals surface area contributed by atoms with Crippen molar-refractivity contribution in [3.63, 3.8) is 0 Å². The van der Waals surface area contributed by atoms with E-state index in [9.17, 15) is 5.11 Å². The van der Waals surface area contributed by atoms with Gasteiger partial charge in [-0.25, -0.2) is 0 Å². The van der Waals surface area contributed by atoms with Crippen LogP contribution in [0.15, 0.2) is 52.8 Å². The lowest BCUT2D eigenvalue weighted by Gasteiger charge is -2.47. The molecule has 24 heavy (non-hydrogen) atoms. The molecule has 0 saturated heterocycles. The largest absolute Gasteiger partial charge is 0.392 e. The third-order valence-electron chi connectivity index (χ3n) is 5.49. The van der Waals surface area contributed by atoms with Crippen LogP contribution < -0.4 is 0 Å². The average Bonchev–Trinajstić information content (AvgIpc) is 3.03. The summed E-state index contributed by atoms with van der Waals surface area (Å²) < 4.78 is 2.35. The average molecular weight is 346 g/mol. The molecule has 1 aromatic rings. The standard InChI is InChI=1S/C21H31NOS/c1-17(23)21(19-12-8-5-9-13-19)24(22(2)3)15-14-20(16-24)18-10-6-4-7-11-18/h5,8-9,12-18,21,23H,4,6-7,10-11H2,1-3H3. The molecule has 0 bridgehead atoms. The van der Waals surface area contributed by atoms with Crippen molar-refractivity contribution in [1.29, 1.82) is 0 Å². The van der Waals surface area contributed by atoms with Crippen LogP contribution in [0.3, 0.4) is 0 Å². The normalized spacial score (nSPS) is 30.0. The maximum atomic E-state index is 10.7. The van der Waals surface area contributed by atoms with Crippen molar-refractivity contribution in [3.05, 3.63) is 58.4 Å². The van der Waals surface area contributed by atoms with Gasteiger partial charge < -0.3 is 5.11 Å². The molecule has 2 nitrogen and oxygen atoms in total. The molecule has 3 unspecified atom stereocenters. The van der Waals surface area contributed by atoms with Gasteiger partial charge >= 0.3 is 0 Å². The van der Waals surface area contributed by atoms with Crippen molar-refractivity contribution in [2.24, 2.45) is 5.92 Å². The summed E-state index contributed by atoms with van der Waals surface area (Å²) in [6.07, 6.45) is 8.74. The summed E-state index contributed by atoms with van der Waals surface area (Å²) >= 11 is 0. The summed E-state index contributed by atoms with van der Waals surface area (Å²) in [5.74, 6) is 0.717. The molecule has 0 radical (unpaired) electrons. The predicted molar refractivity (Wildman–Crippen MR) is 106 cm³/mol. The molecule has 1 saturated carbocycles. The third kappa shape index (κ3) is 3.35. The van der Waals surface area contributed by atoms with Gasteiger partial charge in [0.2, 0.25) is 0 Å². The Kier molecular flexibility index (Phi) is 5.53. The zero-order valence-electron chi connectivity index (χ0n) is 15.2. The van der Waals surface area contributed by atoms with Gasteiger partial charge in [0.15, 0.2) is 0 Å². The summed E-state index contributed by atoms with van der Waals surface area (Å²) in [7, 11) is 3.00. The fraction of sp³-hybridized carbons (Fsp3) is 0.524. The summed E-state index contributed by atoms with van der Waals surface area (Å²) in [5.41, 5.74) is 2.75. The molecule has 1 N–H and O–H groups in total. The van der Waals surface area contributed by atoms with Gasteiger partial charge in [-0.05, 0) is 61.7 Å². The smallest absolute Gasteiger partial charge is 0.0674 e. The molecule has 0 aromatic heterocycles. The molecule has 1 heterocycles. The number of hydrogen-bond acceptors (Lipinski definition) is 2. The van der Waals surface area contributed by atoms with Crippen LogP contribution in [-0.4, -0.2) is 29.6 Å². The van der Waals surface area contributed by atoms with E-state index in [4.69, 9.17) is 0 Å². The van der Waals surface area contributed by atoms with Crippen molar-refractivity contribution in [1.82, 2.24) is 4.31 Å². The summed E-state index contributed by atoms with van der Waals surface area (Å²) in [6, 6.07) is 10.5. The predicted octanol–water partition coefficient (Wildman–Crippen LogP) is 5.38. The molecule has 1 aromatic carbocycles. The molecule has 2 aliphatic rings. The van der Waals surface area contributed by atoms with E-state index in [1.165, 1.54) is 43.2 Å². The van der Waals surface area contributed by atoms with E-state index in [0.717, 1.165) is 5.92 Å². The van der Waals surface area contributed by atoms with Crippen molar-refractivity contribution in [3.8, 4) is 0 Å². The second kappa shape index (κ2) is 7.47. The number of hydrogen-bond donors (Lipinski definition) is 1. The molecule has 1 aliphatic heterocycles. The first-order valence-electron chi connectivity index (χ1n) is 9.17. The van der Waals surface area contributed by atoms with Gasteiger partial charge in [-0.1, -0.05) is 55.7 Å². The molecule has 3 atom stereocenters. The number of allylic oxidation sites excluding steroid dienone is 2. The highest BCUT2D eigenvalue weighted by molar-refractivity contribution is 8.36. The SMILES string of the molecule is CC(O)C(c1ccccc1)S1(N(C)C)C=CC(C2CCCCC2)=C1. The summed E-state index contributed by atoms with van der Waals surface area (Å²) in [6.45, 7) is 1.94. The van der Waals surface area contributed by atoms with Gasteiger partial charge in [-0.2, -0.15) is 0 Å². The van der Waals surface area contributed by atoms with E-state index in [1.54, 1.807) is 0 Å². The van der Waals surface area contributed by atoms with E-state index in [1.807, 2.05) is 13.0 Å². The van der Waals surface area contributed by atoms with E-state index in [-0.39, 0.29) is 11.4 Å². The Labute approximate surface area is 148 Å². The summed E-state index contributed by atoms with van der Waals surface area (Å²) in [4.78, 5) is 0. The van der Waals surface area contributed by atoms with Crippen molar-refractivity contribution in [2.45, 2.75) is 50.4 Å². The number of rotatable bonds is 5. The molecule has 3 rings (SSSR count). The maximum absolute atomic E-state index is 10.7. The van der Waals surface area contributed by atoms with Gasteiger partial charge in [0.25, 0.3) is 0 Å². The first-order valence-corrected chi connectivity index (χ1v) is 10.9. The van der Waals surface area contributed by atoms with Crippen molar-refractivity contribution < 1.29 is 5.11 Å². The van der Waals surface area contributed by atoms with Crippen LogP contribution in [-0.2, 0) is 0 Å². The Morgan fingerprint density at radius 2 is 1.75 bits per heavy atom. The van der Waals surface area contributed by atoms with E-state index in [2.05, 4.69) is 59.6 Å². The zero-order chi connectivity index (χ0) is 17.2. The number of benzene rings is 1. The Morgan fingerprint density at radius 3 is 2.33 bits per heavy atom. The number of aliphatic hydroxyl groups is 1. The maximum Gasteiger partial charge on any atom is 0.0674 e. The Hall–Kier alpha value is -1.03. The lowest BCUT2D eigenvalue weighted by Crippen LogP contribution is -2.28. The van der Waals surface area contributed by atoms with Gasteiger partial charge in [0, 0.05) is 0 Å². The topological polar surface area (TPSA) is 23.5 Å². The minimum atomic E-state index is -1.33. The third-order valence-corrected chi connectivity index (χ3v) is 9.45. The van der Waals surface area contributed by atoms with Gasteiger partial charge in [0.1, 0.15) is 0 Å². The quantitative estimate of drug-likeness (QED) is 0.774. The molecule has 1 fully saturated rings. The minimum absolute atomic E-state index is 0.117. The van der Waals surface area contributed by atoms with Gasteiger partial charge in [0.05, 0.1) is 11.4 Å². The molecule has 1 aliphatic carbocycles. The fourth-order valence-corrected chi connectivity index (χ4v) is 7.83. The highest BCUT2D eigenvalue weighted by Gasteiger charge is 2.39. The van der Waals surface area contributed by atoms with Gasteiger partial charge in [-0.3, -0.25) is 4.31 Å². The highest BCUT2D eigenvalue weighted by atomic mass is 32.3. The first kappa shape index (κ1) is 17.8. The number of nitrogens with zero attached hydrogens (tertiary/aromatic N) is 1. The van der Waals surface area contributed by atoms with Gasteiger partial charge in [-0.15, -0.1) is 10.2 Å². The monoisotopic (exact) mass is 345 g/mol. The van der Waals surface area contributed by atoms with E-state index >= 15 is 0 Å². The van der Waals surface area contributed by atoms with Crippen LogP contribution in [0.4, 0.5) is 0 Å². The van der Waals surface area contributed by atoms with Crippen LogP contribution in [0.1, 0.15) is 49.8 Å². The van der Waals surface area contributed by atoms with E-state index < -0.39 is 10.2 Å². The molecular weight excluding hydrogens is 314 g/mol.